The Kier molecular flexibility index (Phi) is 41.7. The molecule has 8 aromatic carbocycles. The summed E-state index contributed by atoms with van der Waals surface area (Å²) >= 11 is 0.774. The van der Waals surface area contributed by atoms with Gasteiger partial charge in [0.15, 0.2) is 57.6 Å². The molecule has 2 aliphatic carbocycles. The van der Waals surface area contributed by atoms with Gasteiger partial charge in [-0.2, -0.15) is 110 Å². The van der Waals surface area contributed by atoms with Gasteiger partial charge in [-0.25, -0.2) is 8.78 Å². The Bertz CT molecular complexity index is 5130. The second-order valence-corrected chi connectivity index (χ2v) is 24.8. The Morgan fingerprint density at radius 2 is 0.839 bits per heavy atom. The summed E-state index contributed by atoms with van der Waals surface area (Å²) in [7, 11) is 0. The summed E-state index contributed by atoms with van der Waals surface area (Å²) < 4.78 is 384. The van der Waals surface area contributed by atoms with Gasteiger partial charge in [0.1, 0.15) is 64.5 Å². The average Bonchev–Trinajstić information content (AvgIpc) is 1.55. The van der Waals surface area contributed by atoms with Gasteiger partial charge in [0.2, 0.25) is 0 Å². The Balaban J connectivity index is 0.000000397. The van der Waals surface area contributed by atoms with Crippen molar-refractivity contribution in [1.82, 2.24) is 0 Å². The Morgan fingerprint density at radius 3 is 1.19 bits per heavy atom. The summed E-state index contributed by atoms with van der Waals surface area (Å²) in [6.07, 6.45) is -21.5. The fourth-order valence-corrected chi connectivity index (χ4v) is 10.6. The fraction of sp³-hybridized carbons (Fsp3) is 0.247. The molecule has 1 aromatic heterocycles. The van der Waals surface area contributed by atoms with Crippen LogP contribution in [0.25, 0.3) is 11.0 Å². The van der Waals surface area contributed by atoms with Crippen molar-refractivity contribution in [3.63, 3.8) is 0 Å². The molecule has 51 heteroatoms. The van der Waals surface area contributed by atoms with Crippen LogP contribution in [0, 0.1) is 35.5 Å². The van der Waals surface area contributed by atoms with E-state index in [1.165, 1.54) is 54.7 Å². The minimum Gasteiger partial charge on any atom is -1.00 e. The monoisotopic (exact) mass is 2170 g/mol. The number of carbonyl (C=O) groups excluding carboxylic acids is 2. The van der Waals surface area contributed by atoms with Crippen molar-refractivity contribution < 1.29 is 384 Å². The van der Waals surface area contributed by atoms with Crippen LogP contribution in [-0.2, 0) is 59.8 Å². The maximum Gasteiger partial charge on any atom is 1.00 e. The number of hydrogen-bond donors (Lipinski definition) is 2. The SMILES string of the molecule is CCOC(=O)[C@H]1[C@@H]2Oc3cc(Oc4ccc(C(F)(F)F)cc4OC(F)F)ccc3[C@@H]21.FC(F)Oc1cc(C(F)(F)F)ccc1Oc1ccc2ccoc2c1.Fc1ccc(C(F)(F)F)cc1OC(F)F.O=C(O)[C@H]1[C@@H]2Oc3cc(Oc4ccc(C(F)(F)F)cc4OC(F)F)ccc3[C@@H]21.O=CO[O-].Oc1cc(C(F)(F)F)ccc1F.[Cs+].[Cs+].[H-].[Na+].[O-]OC#CC(F)(F)I. The predicted octanol–water partition coefficient (Wildman–Crippen LogP) is 11.5. The van der Waals surface area contributed by atoms with Gasteiger partial charge in [-0.15, -0.1) is 0 Å². The first-order valence-electron chi connectivity index (χ1n) is 32.3. The number of carboxylic acid groups (broad SMARTS) is 1. The maximum absolute atomic E-state index is 12.9. The van der Waals surface area contributed by atoms with Crippen molar-refractivity contribution in [2.24, 2.45) is 11.8 Å². The summed E-state index contributed by atoms with van der Waals surface area (Å²) in [5.41, 5.74) is -3.80. The molecule has 3 heterocycles. The van der Waals surface area contributed by atoms with Crippen LogP contribution in [0.2, 0.25) is 0 Å². The fourth-order valence-electron chi connectivity index (χ4n) is 10.5. The quantitative estimate of drug-likeness (QED) is 0.00931. The van der Waals surface area contributed by atoms with Gasteiger partial charge in [-0.3, -0.25) is 14.4 Å². The molecule has 124 heavy (non-hydrogen) atoms. The third-order valence-corrected chi connectivity index (χ3v) is 15.8. The molecule has 2 saturated carbocycles. The molecule has 0 saturated heterocycles. The van der Waals surface area contributed by atoms with E-state index in [0.29, 0.717) is 83.3 Å². The normalized spacial score (nSPS) is 15.9. The molecule has 0 unspecified atom stereocenters. The molecule has 9 aromatic rings. The van der Waals surface area contributed by atoms with Gasteiger partial charge >= 0.3 is 241 Å². The van der Waals surface area contributed by atoms with Crippen LogP contribution in [0.5, 0.6) is 74.7 Å². The number of phenols is 1. The zero-order chi connectivity index (χ0) is 90.2. The number of furan rings is 1. The molecule has 0 spiro atoms. The van der Waals surface area contributed by atoms with Gasteiger partial charge in [-0.1, -0.05) is 12.1 Å². The number of esters is 1. The molecule has 20 nitrogen and oxygen atoms in total. The number of carbonyl (C=O) groups is 3. The molecule has 0 bridgehead atoms. The van der Waals surface area contributed by atoms with Crippen LogP contribution in [0.1, 0.15) is 59.1 Å². The van der Waals surface area contributed by atoms with E-state index in [4.69, 9.17) is 58.4 Å². The summed E-state index contributed by atoms with van der Waals surface area (Å²) in [4.78, 5) is 37.0. The number of aromatic hydroxyl groups is 1. The molecule has 0 amide bonds. The molecular weight excluding hydrogens is 2130 g/mol. The van der Waals surface area contributed by atoms with Gasteiger partial charge in [0.05, 0.1) is 40.7 Å². The van der Waals surface area contributed by atoms with Crippen molar-refractivity contribution in [3.8, 4) is 86.8 Å². The Hall–Kier alpha value is -7.07. The van der Waals surface area contributed by atoms with E-state index in [1.54, 1.807) is 31.2 Å². The van der Waals surface area contributed by atoms with Crippen LogP contribution in [0.3, 0.4) is 0 Å². The minimum atomic E-state index is -4.73. The van der Waals surface area contributed by atoms with E-state index in [0.717, 1.165) is 57.8 Å². The molecule has 0 radical (unpaired) electrons. The number of carboxylic acids is 1. The van der Waals surface area contributed by atoms with Crippen molar-refractivity contribution in [2.75, 3.05) is 6.61 Å². The van der Waals surface area contributed by atoms with E-state index in [1.807, 2.05) is 0 Å². The average molecular weight is 2170 g/mol. The van der Waals surface area contributed by atoms with Crippen LogP contribution in [0.4, 0.5) is 119 Å². The molecule has 4 aliphatic rings. The van der Waals surface area contributed by atoms with Crippen molar-refractivity contribution in [3.05, 3.63) is 209 Å². The standard InChI is InChI=1S/C20H15F5O5.C18H11F5O5.C16H9F5O3.C8H4F6O.C7H4F4O.C3HF2IO2.CH2O3.2Cs.Na.H/c1-2-27-18(26)16-15-11-5-4-10(8-13(11)29-17(15)16)28-12-6-3-9(20(23,24)25)7-14(12)30-19(21)22;19-17(20)28-12-5-7(18(21,22)23)1-4-10(12)26-8-2-3-9-11(6-8)27-15-13(9)14(15)16(24)25;17-15(18)24-14-7-10(16(19,20)21)2-4-12(14)23-11-3-1-9-5-6-22-13(9)8-11;9-5-2-1-4(8(12,13)14)3-6(5)15-7(10)11;8-5-2-1-4(3-6(5)12)7(9,10)11;4-3(5,6)1-2-8-7;2-1-4-3;;;;/h3-8,15-17,19H,2H2,1H3;1-6,13-15,17H,(H,24,25);1-8,15H;1-3,7H;1-3,12H;7H;1,3H;;;;/q;;;;;;;3*+1;-1/p-2/t15-,16-,17-;13-,14-,15-;;;;;;;;;/m11........./s1. The zero-order valence-corrected chi connectivity index (χ0v) is 78.6. The largest absolute Gasteiger partial charge is 1.00 e. The van der Waals surface area contributed by atoms with E-state index < -0.39 is 147 Å². The van der Waals surface area contributed by atoms with Crippen molar-refractivity contribution >= 4 is 52.0 Å². The molecular formula is C73H45Cs2F27INaO20. The van der Waals surface area contributed by atoms with E-state index in [-0.39, 0.29) is 252 Å². The second kappa shape index (κ2) is 47.3. The van der Waals surface area contributed by atoms with Gasteiger partial charge in [0.25, 0.3) is 6.47 Å². The zero-order valence-electron chi connectivity index (χ0n) is 62.9. The summed E-state index contributed by atoms with van der Waals surface area (Å²) in [5, 5.41) is 35.8. The third-order valence-electron chi connectivity index (χ3n) is 15.6. The Morgan fingerprint density at radius 1 is 0.492 bits per heavy atom. The van der Waals surface area contributed by atoms with Crippen LogP contribution in [-0.4, -0.2) is 77.8 Å². The van der Waals surface area contributed by atoms with E-state index in [9.17, 15) is 128 Å². The predicted molar refractivity (Wildman–Crippen MR) is 356 cm³/mol. The molecule has 6 atom stereocenters. The van der Waals surface area contributed by atoms with Crippen LogP contribution >= 0.6 is 22.6 Å². The summed E-state index contributed by atoms with van der Waals surface area (Å²) in [6, 6.07) is 24.2. The number of fused-ring (bicyclic) bond motifs is 7. The second-order valence-electron chi connectivity index (χ2n) is 23.5. The number of rotatable bonds is 18. The first-order chi connectivity index (χ1) is 56.3. The minimum absolute atomic E-state index is 0. The maximum atomic E-state index is 12.9. The Labute approximate surface area is 831 Å². The molecule has 2 fully saturated rings. The van der Waals surface area contributed by atoms with Gasteiger partial charge in [-0.05, 0) is 128 Å². The number of benzene rings is 8. The smallest absolute Gasteiger partial charge is 1.00 e. The number of alkyl halides is 26. The number of phenolic OH excluding ortho intramolecular Hbond substituents is 1. The number of halogens is 28. The number of aliphatic carboxylic acids is 1. The first-order valence-corrected chi connectivity index (χ1v) is 33.4. The summed E-state index contributed by atoms with van der Waals surface area (Å²) in [5.74, 6) is -7.71. The molecule has 2 N–H and O–H groups in total. The van der Waals surface area contributed by atoms with Gasteiger partial charge in [0, 0.05) is 75.1 Å². The van der Waals surface area contributed by atoms with Gasteiger partial charge < -0.3 is 83.7 Å². The molecule has 2 aliphatic heterocycles. The number of ether oxygens (including phenoxy) is 10. The van der Waals surface area contributed by atoms with Crippen LogP contribution in [0.15, 0.2) is 162 Å². The summed E-state index contributed by atoms with van der Waals surface area (Å²) in [6.45, 7) is -11.5. The first kappa shape index (κ1) is 109. The topological polar surface area (TPSA) is 262 Å². The third kappa shape index (κ3) is 32.6. The van der Waals surface area contributed by atoms with E-state index >= 15 is 0 Å². The van der Waals surface area contributed by atoms with Crippen molar-refractivity contribution in [1.29, 1.82) is 0 Å². The van der Waals surface area contributed by atoms with E-state index in [2.05, 4.69) is 28.7 Å². The number of hydrogen-bond acceptors (Lipinski definition) is 19. The molecule has 13 rings (SSSR count). The van der Waals surface area contributed by atoms with Crippen molar-refractivity contribution in [2.45, 2.75) is 92.2 Å². The van der Waals surface area contributed by atoms with Crippen LogP contribution < -0.4 is 220 Å². The molecule has 656 valence electrons.